The Morgan fingerprint density at radius 2 is 1.65 bits per heavy atom. The summed E-state index contributed by atoms with van der Waals surface area (Å²) in [5.74, 6) is -4.44. The Kier molecular flexibility index (Phi) is 12.7. The second kappa shape index (κ2) is 16.0. The molecule has 0 radical (unpaired) electrons. The van der Waals surface area contributed by atoms with Crippen molar-refractivity contribution in [2.24, 2.45) is 17.8 Å². The van der Waals surface area contributed by atoms with E-state index in [1.807, 2.05) is 27.7 Å². The molecule has 4 fully saturated rings. The van der Waals surface area contributed by atoms with E-state index in [4.69, 9.17) is 27.9 Å². The van der Waals surface area contributed by atoms with Crippen molar-refractivity contribution in [3.63, 3.8) is 0 Å². The lowest BCUT2D eigenvalue weighted by molar-refractivity contribution is -0.157. The van der Waals surface area contributed by atoms with Crippen molar-refractivity contribution in [3.05, 3.63) is 12.7 Å². The summed E-state index contributed by atoms with van der Waals surface area (Å²) in [5.41, 5.74) is -1.03. The topological polar surface area (TPSA) is 163 Å². The highest BCUT2D eigenvalue weighted by molar-refractivity contribution is 6.51. The van der Waals surface area contributed by atoms with E-state index in [1.54, 1.807) is 6.08 Å². The number of piperidine rings is 1. The summed E-state index contributed by atoms with van der Waals surface area (Å²) in [6.45, 7) is 11.1. The maximum atomic E-state index is 14.3. The molecular formula is C35H53Cl2N5O7. The van der Waals surface area contributed by atoms with Crippen LogP contribution >= 0.6 is 23.2 Å². The molecule has 4 rings (SSSR count). The number of carbonyl (C=O) groups is 6. The van der Waals surface area contributed by atoms with Crippen molar-refractivity contribution in [3.8, 4) is 0 Å². The molecule has 0 aromatic rings. The van der Waals surface area contributed by atoms with Gasteiger partial charge in [0.25, 0.3) is 5.91 Å². The number of nitrogens with one attached hydrogen (secondary N) is 4. The highest BCUT2D eigenvalue weighted by Gasteiger charge is 2.74. The Morgan fingerprint density at radius 3 is 2.27 bits per heavy atom. The summed E-state index contributed by atoms with van der Waals surface area (Å²) < 4.78 is 4.35. The highest BCUT2D eigenvalue weighted by Crippen LogP contribution is 2.65. The number of carbonyl (C=O) groups excluding carboxylic acids is 6. The third-order valence-electron chi connectivity index (χ3n) is 10.2. The van der Waals surface area contributed by atoms with Crippen molar-refractivity contribution in [2.75, 3.05) is 13.1 Å². The molecule has 3 aliphatic carbocycles. The second-order valence-electron chi connectivity index (χ2n) is 15.4. The number of fused-ring (bicyclic) bond motifs is 1. The summed E-state index contributed by atoms with van der Waals surface area (Å²) >= 11 is 13.1. The number of alkyl halides is 2. The standard InChI is InChI=1S/C35H53Cl2N5O7/c1-6-7-15-23(28(44)30(46)38-19-16-24(43)49-34(5)17-11-12-18-34)39-29(45)27-25-22(35(25,36)37)20-42(27)31(47)26(21-13-9-8-10-14-21)40-32(48)41-33(2,3)4/h6,21-23,25-27H,1,7-20H2,2-5H3,(H,38,46)(H,39,45)(H2,40,41,48)/t22?,23?,25-,26-,27-/m0/s1. The van der Waals surface area contributed by atoms with Crippen LogP contribution in [0.4, 0.5) is 4.79 Å². The Morgan fingerprint density at radius 1 is 1.00 bits per heavy atom. The molecule has 0 spiro atoms. The molecule has 5 atom stereocenters. The van der Waals surface area contributed by atoms with Crippen molar-refractivity contribution in [1.82, 2.24) is 26.2 Å². The number of likely N-dealkylation sites (tertiary alicyclic amines) is 1. The van der Waals surface area contributed by atoms with Gasteiger partial charge in [-0.1, -0.05) is 25.3 Å². The second-order valence-corrected chi connectivity index (χ2v) is 16.8. The van der Waals surface area contributed by atoms with E-state index in [0.717, 1.165) is 57.8 Å². The maximum absolute atomic E-state index is 14.3. The average Bonchev–Trinajstić information content (AvgIpc) is 3.37. The average molecular weight is 727 g/mol. The van der Waals surface area contributed by atoms with Crippen LogP contribution in [0.5, 0.6) is 0 Å². The molecule has 0 bridgehead atoms. The van der Waals surface area contributed by atoms with Crippen LogP contribution in [0.3, 0.4) is 0 Å². The minimum Gasteiger partial charge on any atom is -0.459 e. The fraction of sp³-hybridized carbons (Fsp3) is 0.771. The third kappa shape index (κ3) is 9.90. The molecule has 4 aliphatic rings. The number of esters is 1. The van der Waals surface area contributed by atoms with Crippen LogP contribution in [-0.2, 0) is 28.7 Å². The van der Waals surface area contributed by atoms with Crippen molar-refractivity contribution >= 4 is 58.7 Å². The Balaban J connectivity index is 1.45. The van der Waals surface area contributed by atoms with Gasteiger partial charge < -0.3 is 30.9 Å². The van der Waals surface area contributed by atoms with Gasteiger partial charge in [-0.3, -0.25) is 24.0 Å². The number of Topliss-reactive ketones (excluding diaryl/α,β-unsaturated/α-hetero) is 1. The lowest BCUT2D eigenvalue weighted by atomic mass is 9.83. The lowest BCUT2D eigenvalue weighted by Gasteiger charge is -2.37. The minimum absolute atomic E-state index is 0.0861. The Hall–Kier alpha value is -2.86. The summed E-state index contributed by atoms with van der Waals surface area (Å²) in [6, 6.07) is -3.69. The zero-order valence-electron chi connectivity index (χ0n) is 29.2. The van der Waals surface area contributed by atoms with Gasteiger partial charge in [-0.15, -0.1) is 29.8 Å². The van der Waals surface area contributed by atoms with Gasteiger partial charge in [0.2, 0.25) is 17.6 Å². The maximum Gasteiger partial charge on any atom is 0.315 e. The van der Waals surface area contributed by atoms with E-state index < -0.39 is 75.0 Å². The molecule has 4 N–H and O–H groups in total. The summed E-state index contributed by atoms with van der Waals surface area (Å²) in [7, 11) is 0. The predicted octanol–water partition coefficient (Wildman–Crippen LogP) is 4.07. The highest BCUT2D eigenvalue weighted by atomic mass is 35.5. The minimum atomic E-state index is -1.24. The SMILES string of the molecule is C=CCCC(NC(=O)[C@@H]1[C@@H]2C(CN1C(=O)[C@@H](NC(=O)NC(C)(C)C)C1CCCCC1)C2(Cl)Cl)C(=O)C(=O)NCCC(=O)OC1(C)CCCC1. The summed E-state index contributed by atoms with van der Waals surface area (Å²) in [5, 5.41) is 10.9. The van der Waals surface area contributed by atoms with Crippen LogP contribution in [0.1, 0.15) is 105 Å². The van der Waals surface area contributed by atoms with Crippen LogP contribution in [0, 0.1) is 17.8 Å². The number of amides is 5. The molecule has 14 heteroatoms. The third-order valence-corrected chi connectivity index (χ3v) is 11.3. The first kappa shape index (κ1) is 38.9. The molecule has 274 valence electrons. The van der Waals surface area contributed by atoms with Gasteiger partial charge in [0.1, 0.15) is 22.0 Å². The number of urea groups is 1. The lowest BCUT2D eigenvalue weighted by Crippen LogP contribution is -2.61. The van der Waals surface area contributed by atoms with E-state index in [9.17, 15) is 28.8 Å². The van der Waals surface area contributed by atoms with Gasteiger partial charge in [-0.25, -0.2) is 4.79 Å². The fourth-order valence-electron chi connectivity index (χ4n) is 7.56. The molecule has 49 heavy (non-hydrogen) atoms. The number of allylic oxidation sites excluding steroid dienone is 1. The molecule has 0 aromatic carbocycles. The molecule has 1 saturated heterocycles. The van der Waals surface area contributed by atoms with Gasteiger partial charge >= 0.3 is 12.0 Å². The smallest absolute Gasteiger partial charge is 0.315 e. The number of rotatable bonds is 14. The van der Waals surface area contributed by atoms with Crippen LogP contribution < -0.4 is 21.3 Å². The van der Waals surface area contributed by atoms with Gasteiger partial charge in [0.15, 0.2) is 0 Å². The first-order valence-corrected chi connectivity index (χ1v) is 18.4. The van der Waals surface area contributed by atoms with Crippen LogP contribution in [0.15, 0.2) is 12.7 Å². The molecule has 2 unspecified atom stereocenters. The predicted molar refractivity (Wildman–Crippen MR) is 186 cm³/mol. The first-order valence-electron chi connectivity index (χ1n) is 17.7. The molecular weight excluding hydrogens is 673 g/mol. The first-order chi connectivity index (χ1) is 23.0. The molecule has 0 aromatic heterocycles. The monoisotopic (exact) mass is 725 g/mol. The molecule has 12 nitrogen and oxygen atoms in total. The Labute approximate surface area is 299 Å². The quantitative estimate of drug-likeness (QED) is 0.0908. The molecule has 5 amide bonds. The van der Waals surface area contributed by atoms with Crippen molar-refractivity contribution in [1.29, 1.82) is 0 Å². The normalized spacial score (nSPS) is 25.3. The molecule has 3 saturated carbocycles. The number of ketones is 1. The van der Waals surface area contributed by atoms with Gasteiger partial charge in [-0.2, -0.15) is 0 Å². The Bertz CT molecular complexity index is 1290. The largest absolute Gasteiger partial charge is 0.459 e. The number of hydrogen-bond donors (Lipinski definition) is 4. The number of hydrogen-bond acceptors (Lipinski definition) is 7. The summed E-state index contributed by atoms with van der Waals surface area (Å²) in [4.78, 5) is 81.3. The van der Waals surface area contributed by atoms with E-state index in [1.165, 1.54) is 4.90 Å². The van der Waals surface area contributed by atoms with E-state index in [0.29, 0.717) is 6.42 Å². The van der Waals surface area contributed by atoms with Crippen molar-refractivity contribution in [2.45, 2.75) is 138 Å². The van der Waals surface area contributed by atoms with Gasteiger partial charge in [-0.05, 0) is 85.0 Å². The molecule has 1 heterocycles. The van der Waals surface area contributed by atoms with E-state index in [2.05, 4.69) is 27.8 Å². The molecule has 1 aliphatic heterocycles. The van der Waals surface area contributed by atoms with Crippen LogP contribution in [0.2, 0.25) is 0 Å². The number of nitrogens with zero attached hydrogens (tertiary/aromatic N) is 1. The zero-order chi connectivity index (χ0) is 36.1. The zero-order valence-corrected chi connectivity index (χ0v) is 30.7. The van der Waals surface area contributed by atoms with Crippen molar-refractivity contribution < 1.29 is 33.5 Å². The van der Waals surface area contributed by atoms with E-state index >= 15 is 0 Å². The summed E-state index contributed by atoms with van der Waals surface area (Å²) in [6.07, 6.45) is 9.84. The van der Waals surface area contributed by atoms with E-state index in [-0.39, 0.29) is 37.8 Å². The number of ether oxygens (including phenoxy) is 1. The number of halogens is 2. The van der Waals surface area contributed by atoms with Gasteiger partial charge in [0.05, 0.1) is 12.5 Å². The van der Waals surface area contributed by atoms with Crippen LogP contribution in [0.25, 0.3) is 0 Å². The van der Waals surface area contributed by atoms with Crippen LogP contribution in [-0.4, -0.2) is 87.1 Å². The fourth-order valence-corrected chi connectivity index (χ4v) is 8.39. The van der Waals surface area contributed by atoms with Gasteiger partial charge in [0, 0.05) is 30.5 Å².